The summed E-state index contributed by atoms with van der Waals surface area (Å²) in [5.41, 5.74) is 5.85. The van der Waals surface area contributed by atoms with Crippen molar-refractivity contribution in [3.05, 3.63) is 0 Å². The normalized spacial score (nSPS) is 17.3. The van der Waals surface area contributed by atoms with E-state index in [0.717, 1.165) is 19.3 Å². The Bertz CT molecular complexity index is 473. The molecule has 144 valence electrons. The highest BCUT2D eigenvalue weighted by Crippen LogP contribution is 2.21. The monoisotopic (exact) mass is 383 g/mol. The molecule has 1 saturated heterocycles. The quantitative estimate of drug-likeness (QED) is 0.635. The van der Waals surface area contributed by atoms with Crippen LogP contribution in [0.1, 0.15) is 59.3 Å². The smallest absolute Gasteiger partial charge is 0.223 e. The number of amides is 1. The minimum Gasteiger partial charge on any atom is -0.354 e. The van der Waals surface area contributed by atoms with E-state index in [1.807, 2.05) is 20.8 Å². The lowest BCUT2D eigenvalue weighted by Crippen LogP contribution is -2.51. The zero-order valence-corrected chi connectivity index (χ0v) is 16.8. The third-order valence-electron chi connectivity index (χ3n) is 5.00. The number of nitrogens with two attached hydrogens (primary N) is 1. The van der Waals surface area contributed by atoms with E-state index in [9.17, 15) is 13.2 Å². The summed E-state index contributed by atoms with van der Waals surface area (Å²) in [5.74, 6) is 0.112. The van der Waals surface area contributed by atoms with Gasteiger partial charge < -0.3 is 11.1 Å². The maximum absolute atomic E-state index is 12.3. The molecule has 1 heterocycles. The highest BCUT2D eigenvalue weighted by molar-refractivity contribution is 7.89. The minimum absolute atomic E-state index is 0. The number of hydrogen-bond donors (Lipinski definition) is 2. The average molecular weight is 384 g/mol. The van der Waals surface area contributed by atoms with Gasteiger partial charge in [0, 0.05) is 31.1 Å². The van der Waals surface area contributed by atoms with Gasteiger partial charge in [-0.1, -0.05) is 27.2 Å². The fraction of sp³-hybridized carbons (Fsp3) is 0.938. The van der Waals surface area contributed by atoms with Gasteiger partial charge in [0.05, 0.1) is 5.75 Å². The van der Waals surface area contributed by atoms with Crippen molar-refractivity contribution >= 4 is 28.3 Å². The zero-order chi connectivity index (χ0) is 17.5. The van der Waals surface area contributed by atoms with Crippen LogP contribution in [0.3, 0.4) is 0 Å². The van der Waals surface area contributed by atoms with Crippen LogP contribution in [0.15, 0.2) is 0 Å². The Kier molecular flexibility index (Phi) is 10.4. The van der Waals surface area contributed by atoms with E-state index in [4.69, 9.17) is 5.73 Å². The molecule has 1 fully saturated rings. The molecule has 0 radical (unpaired) electrons. The summed E-state index contributed by atoms with van der Waals surface area (Å²) < 4.78 is 25.9. The van der Waals surface area contributed by atoms with E-state index < -0.39 is 10.0 Å². The zero-order valence-electron chi connectivity index (χ0n) is 15.2. The van der Waals surface area contributed by atoms with Crippen LogP contribution in [0.4, 0.5) is 0 Å². The molecule has 3 N–H and O–H groups in total. The summed E-state index contributed by atoms with van der Waals surface area (Å²) in [6.07, 6.45) is 4.37. The van der Waals surface area contributed by atoms with E-state index in [2.05, 4.69) is 5.32 Å². The van der Waals surface area contributed by atoms with Crippen molar-refractivity contribution in [1.82, 2.24) is 9.62 Å². The topological polar surface area (TPSA) is 92.5 Å². The lowest BCUT2D eigenvalue weighted by molar-refractivity contribution is -0.126. The number of rotatable bonds is 9. The molecule has 1 aliphatic heterocycles. The van der Waals surface area contributed by atoms with Gasteiger partial charge in [0.15, 0.2) is 0 Å². The second-order valence-corrected chi connectivity index (χ2v) is 8.72. The number of hydrogen-bond acceptors (Lipinski definition) is 4. The van der Waals surface area contributed by atoms with Crippen molar-refractivity contribution in [3.8, 4) is 0 Å². The molecule has 0 saturated carbocycles. The van der Waals surface area contributed by atoms with Gasteiger partial charge in [-0.05, 0) is 32.1 Å². The number of piperidine rings is 1. The molecule has 0 aromatic heterocycles. The highest BCUT2D eigenvalue weighted by atomic mass is 35.5. The Morgan fingerprint density at radius 1 is 1.21 bits per heavy atom. The molecule has 0 atom stereocenters. The molecule has 0 spiro atoms. The Balaban J connectivity index is 0.00000529. The van der Waals surface area contributed by atoms with Gasteiger partial charge in [0.2, 0.25) is 15.9 Å². The van der Waals surface area contributed by atoms with Crippen LogP contribution in [-0.4, -0.2) is 49.6 Å². The number of nitrogens with zero attached hydrogens (tertiary/aromatic N) is 1. The Morgan fingerprint density at radius 2 is 1.75 bits per heavy atom. The van der Waals surface area contributed by atoms with E-state index in [1.54, 1.807) is 0 Å². The third-order valence-corrected chi connectivity index (χ3v) is 6.95. The molecule has 1 aliphatic rings. The second-order valence-electron chi connectivity index (χ2n) is 6.63. The largest absolute Gasteiger partial charge is 0.354 e. The summed E-state index contributed by atoms with van der Waals surface area (Å²) in [7, 11) is -3.16. The van der Waals surface area contributed by atoms with Crippen molar-refractivity contribution < 1.29 is 13.2 Å². The van der Waals surface area contributed by atoms with Crippen LogP contribution < -0.4 is 11.1 Å². The van der Waals surface area contributed by atoms with E-state index >= 15 is 0 Å². The van der Waals surface area contributed by atoms with Crippen molar-refractivity contribution in [1.29, 1.82) is 0 Å². The second kappa shape index (κ2) is 10.6. The summed E-state index contributed by atoms with van der Waals surface area (Å²) >= 11 is 0. The molecule has 6 nitrogen and oxygen atoms in total. The van der Waals surface area contributed by atoms with Crippen LogP contribution in [0.5, 0.6) is 0 Å². The lowest BCUT2D eigenvalue weighted by Gasteiger charge is -2.32. The fourth-order valence-electron chi connectivity index (χ4n) is 2.76. The summed E-state index contributed by atoms with van der Waals surface area (Å²) in [6.45, 7) is 7.40. The van der Waals surface area contributed by atoms with Crippen molar-refractivity contribution in [2.24, 2.45) is 11.7 Å². The first-order valence-electron chi connectivity index (χ1n) is 8.82. The maximum Gasteiger partial charge on any atom is 0.223 e. The molecule has 24 heavy (non-hydrogen) atoms. The first-order chi connectivity index (χ1) is 10.8. The minimum atomic E-state index is -3.16. The van der Waals surface area contributed by atoms with Gasteiger partial charge in [0.1, 0.15) is 0 Å². The molecule has 0 unspecified atom stereocenters. The van der Waals surface area contributed by atoms with Gasteiger partial charge in [-0.25, -0.2) is 12.7 Å². The number of unbranched alkanes of at least 4 members (excludes halogenated alkanes) is 1. The van der Waals surface area contributed by atoms with E-state index in [-0.39, 0.29) is 35.5 Å². The number of sulfonamides is 1. The van der Waals surface area contributed by atoms with Crippen LogP contribution in [0.25, 0.3) is 0 Å². The summed E-state index contributed by atoms with van der Waals surface area (Å²) in [4.78, 5) is 12.3. The van der Waals surface area contributed by atoms with Crippen LogP contribution in [0, 0.1) is 5.92 Å². The van der Waals surface area contributed by atoms with Gasteiger partial charge in [-0.15, -0.1) is 12.4 Å². The number of halogens is 1. The molecule has 1 rings (SSSR count). The van der Waals surface area contributed by atoms with Gasteiger partial charge in [-0.2, -0.15) is 0 Å². The standard InChI is InChI=1S/C16H33N3O3S.ClH/c1-4-7-12-23(21,22)19-10-8-14(9-11-19)15(20)18-13-16(17,5-2)6-3;/h14H,4-13,17H2,1-3H3,(H,18,20);1H. The predicted molar refractivity (Wildman–Crippen MR) is 101 cm³/mol. The summed E-state index contributed by atoms with van der Waals surface area (Å²) in [5, 5.41) is 2.95. The van der Waals surface area contributed by atoms with Crippen molar-refractivity contribution in [2.75, 3.05) is 25.4 Å². The number of carbonyl (C=O) groups excluding carboxylic acids is 1. The van der Waals surface area contributed by atoms with Crippen LogP contribution in [-0.2, 0) is 14.8 Å². The molecule has 0 aliphatic carbocycles. The predicted octanol–water partition coefficient (Wildman–Crippen LogP) is 1.88. The molecule has 1 amide bonds. The molecule has 0 aromatic carbocycles. The SMILES string of the molecule is CCCCS(=O)(=O)N1CCC(C(=O)NCC(N)(CC)CC)CC1.Cl. The van der Waals surface area contributed by atoms with Crippen LogP contribution in [0.2, 0.25) is 0 Å². The van der Waals surface area contributed by atoms with Crippen LogP contribution >= 0.6 is 12.4 Å². The number of nitrogens with one attached hydrogen (secondary N) is 1. The molecular weight excluding hydrogens is 350 g/mol. The highest BCUT2D eigenvalue weighted by Gasteiger charge is 2.31. The van der Waals surface area contributed by atoms with Gasteiger partial charge in [0.25, 0.3) is 0 Å². The first kappa shape index (κ1) is 23.6. The van der Waals surface area contributed by atoms with E-state index in [0.29, 0.717) is 38.9 Å². The third kappa shape index (κ3) is 6.86. The van der Waals surface area contributed by atoms with Crippen molar-refractivity contribution in [3.63, 3.8) is 0 Å². The molecular formula is C16H34ClN3O3S. The lowest BCUT2D eigenvalue weighted by atomic mass is 9.93. The summed E-state index contributed by atoms with van der Waals surface area (Å²) in [6, 6.07) is 0. The first-order valence-corrected chi connectivity index (χ1v) is 10.4. The fourth-order valence-corrected chi connectivity index (χ4v) is 4.44. The van der Waals surface area contributed by atoms with E-state index in [1.165, 1.54) is 4.31 Å². The van der Waals surface area contributed by atoms with Crippen molar-refractivity contribution in [2.45, 2.75) is 64.8 Å². The molecule has 8 heteroatoms. The maximum atomic E-state index is 12.3. The molecule has 0 bridgehead atoms. The number of carbonyl (C=O) groups is 1. The molecule has 0 aromatic rings. The van der Waals surface area contributed by atoms with Gasteiger partial charge >= 0.3 is 0 Å². The Labute approximate surface area is 153 Å². The Hall–Kier alpha value is -0.370. The average Bonchev–Trinajstić information content (AvgIpc) is 2.57. The Morgan fingerprint density at radius 3 is 2.21 bits per heavy atom. The van der Waals surface area contributed by atoms with Gasteiger partial charge in [-0.3, -0.25) is 4.79 Å².